The number of fused-ring (bicyclic) bond motifs is 5. The van der Waals surface area contributed by atoms with Gasteiger partial charge in [-0.15, -0.1) is 0 Å². The minimum Gasteiger partial charge on any atom is -0.451 e. The minimum atomic E-state index is -1.04. The first-order valence-corrected chi connectivity index (χ1v) is 14.4. The molecule has 1 N–H and O–H groups in total. The number of pyridine rings is 1. The molecule has 1 aromatic carbocycles. The minimum absolute atomic E-state index is 0.00268. The summed E-state index contributed by atoms with van der Waals surface area (Å²) in [5, 5.41) is 6.67. The van der Waals surface area contributed by atoms with E-state index in [1.165, 1.54) is 16.8 Å². The summed E-state index contributed by atoms with van der Waals surface area (Å²) in [5.41, 5.74) is -1.59. The van der Waals surface area contributed by atoms with Crippen LogP contribution in [0.15, 0.2) is 34.3 Å². The first-order valence-electron chi connectivity index (χ1n) is 14.4. The molecule has 0 aliphatic carbocycles. The van der Waals surface area contributed by atoms with Crippen LogP contribution in [0.5, 0.6) is 5.75 Å². The van der Waals surface area contributed by atoms with E-state index < -0.39 is 64.8 Å². The Balaban J connectivity index is 1.54. The Morgan fingerprint density at radius 3 is 2.68 bits per heavy atom. The van der Waals surface area contributed by atoms with Gasteiger partial charge in [0, 0.05) is 43.4 Å². The lowest BCUT2D eigenvalue weighted by molar-refractivity contribution is -0.0658. The van der Waals surface area contributed by atoms with Crippen LogP contribution in [0, 0.1) is 17.6 Å². The first kappa shape index (κ1) is 31.0. The maximum atomic E-state index is 14.2. The molecule has 0 unspecified atom stereocenters. The van der Waals surface area contributed by atoms with E-state index >= 15 is 0 Å². The summed E-state index contributed by atoms with van der Waals surface area (Å²) < 4.78 is 44.7. The molecule has 236 valence electrons. The second-order valence-electron chi connectivity index (χ2n) is 11.8. The van der Waals surface area contributed by atoms with Crippen LogP contribution in [0.25, 0.3) is 0 Å². The zero-order chi connectivity index (χ0) is 31.8. The summed E-state index contributed by atoms with van der Waals surface area (Å²) in [6.45, 7) is 6.60. The number of nitrogens with zero attached hydrogens (tertiary/aromatic N) is 3. The van der Waals surface area contributed by atoms with Crippen LogP contribution in [0.3, 0.4) is 0 Å². The SMILES string of the molecule is CC1=NO[C@@]2(CC[C@H](C)N3C[C@H]2n2cc(C(=O)NCc4ccc(F)cc4F)c(=O)c(OCOC(=O)OCC(C)C)c2C3=O)C1. The van der Waals surface area contributed by atoms with Crippen LogP contribution in [-0.4, -0.2) is 64.7 Å². The Labute approximate surface area is 251 Å². The molecule has 1 spiro atoms. The lowest BCUT2D eigenvalue weighted by Crippen LogP contribution is -2.52. The highest BCUT2D eigenvalue weighted by Crippen LogP contribution is 2.46. The Hall–Kier alpha value is -4.49. The third kappa shape index (κ3) is 5.97. The lowest BCUT2D eigenvalue weighted by atomic mass is 9.84. The fourth-order valence-electron chi connectivity index (χ4n) is 5.75. The van der Waals surface area contributed by atoms with Gasteiger partial charge in [0.25, 0.3) is 11.8 Å². The summed E-state index contributed by atoms with van der Waals surface area (Å²) in [6.07, 6.45) is 1.84. The molecule has 2 aromatic rings. The highest BCUT2D eigenvalue weighted by Gasteiger charge is 2.54. The van der Waals surface area contributed by atoms with Gasteiger partial charge in [0.2, 0.25) is 18.0 Å². The molecule has 5 rings (SSSR count). The maximum absolute atomic E-state index is 14.2. The molecule has 1 aromatic heterocycles. The first-order chi connectivity index (χ1) is 20.9. The van der Waals surface area contributed by atoms with E-state index in [4.69, 9.17) is 19.0 Å². The monoisotopic (exact) mass is 616 g/mol. The normalized spacial score (nSPS) is 22.2. The van der Waals surface area contributed by atoms with Gasteiger partial charge >= 0.3 is 6.16 Å². The van der Waals surface area contributed by atoms with Gasteiger partial charge in [-0.3, -0.25) is 14.4 Å². The molecule has 3 atom stereocenters. The third-order valence-electron chi connectivity index (χ3n) is 8.04. The molecular formula is C30H34F2N4O8. The molecule has 1 saturated heterocycles. The number of carbonyl (C=O) groups excluding carboxylic acids is 3. The van der Waals surface area contributed by atoms with Crippen LogP contribution in [0.4, 0.5) is 13.6 Å². The van der Waals surface area contributed by atoms with E-state index in [1.54, 1.807) is 4.90 Å². The van der Waals surface area contributed by atoms with Crippen LogP contribution in [0.2, 0.25) is 0 Å². The summed E-state index contributed by atoms with van der Waals surface area (Å²) >= 11 is 0. The van der Waals surface area contributed by atoms with Gasteiger partial charge in [-0.1, -0.05) is 25.1 Å². The lowest BCUT2D eigenvalue weighted by Gasteiger charge is -2.42. The third-order valence-corrected chi connectivity index (χ3v) is 8.04. The van der Waals surface area contributed by atoms with Gasteiger partial charge in [0.05, 0.1) is 18.4 Å². The van der Waals surface area contributed by atoms with Gasteiger partial charge in [-0.2, -0.15) is 0 Å². The van der Waals surface area contributed by atoms with Crippen molar-refractivity contribution in [3.05, 3.63) is 63.1 Å². The maximum Gasteiger partial charge on any atom is 0.511 e. The predicted molar refractivity (Wildman–Crippen MR) is 151 cm³/mol. The zero-order valence-electron chi connectivity index (χ0n) is 24.9. The quantitative estimate of drug-likeness (QED) is 0.348. The number of halogens is 2. The summed E-state index contributed by atoms with van der Waals surface area (Å²) in [4.78, 5) is 60.7. The molecule has 3 aliphatic rings. The zero-order valence-corrected chi connectivity index (χ0v) is 24.9. The number of oxime groups is 1. The Morgan fingerprint density at radius 1 is 1.23 bits per heavy atom. The average Bonchev–Trinajstić information content (AvgIpc) is 3.30. The van der Waals surface area contributed by atoms with Crippen molar-refractivity contribution in [2.75, 3.05) is 19.9 Å². The van der Waals surface area contributed by atoms with Crippen LogP contribution >= 0.6 is 0 Å². The van der Waals surface area contributed by atoms with Crippen LogP contribution < -0.4 is 15.5 Å². The van der Waals surface area contributed by atoms with E-state index in [-0.39, 0.29) is 42.9 Å². The molecule has 2 bridgehead atoms. The number of ether oxygens (including phenoxy) is 3. The van der Waals surface area contributed by atoms with Gasteiger partial charge in [-0.05, 0) is 38.7 Å². The number of carbonyl (C=O) groups is 3. The molecule has 0 saturated carbocycles. The molecule has 14 heteroatoms. The summed E-state index contributed by atoms with van der Waals surface area (Å²) in [7, 11) is 0. The highest BCUT2D eigenvalue weighted by atomic mass is 19.1. The largest absolute Gasteiger partial charge is 0.511 e. The molecule has 44 heavy (non-hydrogen) atoms. The molecule has 0 radical (unpaired) electrons. The fourth-order valence-corrected chi connectivity index (χ4v) is 5.75. The molecule has 2 amide bonds. The van der Waals surface area contributed by atoms with E-state index in [9.17, 15) is 28.0 Å². The van der Waals surface area contributed by atoms with Crippen molar-refractivity contribution in [1.29, 1.82) is 0 Å². The fraction of sp³-hybridized carbons (Fsp3) is 0.500. The number of aromatic nitrogens is 1. The van der Waals surface area contributed by atoms with E-state index in [0.29, 0.717) is 25.3 Å². The molecule has 1 fully saturated rings. The Morgan fingerprint density at radius 2 is 2.00 bits per heavy atom. The predicted octanol–water partition coefficient (Wildman–Crippen LogP) is 3.92. The molecule has 4 heterocycles. The second-order valence-corrected chi connectivity index (χ2v) is 11.8. The average molecular weight is 617 g/mol. The number of nitrogens with one attached hydrogen (secondary N) is 1. The highest BCUT2D eigenvalue weighted by molar-refractivity contribution is 5.99. The molecule has 3 aliphatic heterocycles. The van der Waals surface area contributed by atoms with Crippen molar-refractivity contribution >= 4 is 23.7 Å². The van der Waals surface area contributed by atoms with E-state index in [1.807, 2.05) is 27.7 Å². The van der Waals surface area contributed by atoms with E-state index in [0.717, 1.165) is 11.8 Å². The molecular weight excluding hydrogens is 582 g/mol. The topological polar surface area (TPSA) is 138 Å². The van der Waals surface area contributed by atoms with Crippen molar-refractivity contribution in [2.24, 2.45) is 11.1 Å². The number of hydrogen-bond acceptors (Lipinski definition) is 9. The Bertz CT molecular complexity index is 1570. The van der Waals surface area contributed by atoms with Crippen molar-refractivity contribution in [3.8, 4) is 5.75 Å². The van der Waals surface area contributed by atoms with Crippen LogP contribution in [-0.2, 0) is 20.9 Å². The second kappa shape index (κ2) is 12.2. The number of hydrogen-bond donors (Lipinski definition) is 1. The van der Waals surface area contributed by atoms with Crippen molar-refractivity contribution in [3.63, 3.8) is 0 Å². The van der Waals surface area contributed by atoms with Gasteiger partial charge in [-0.25, -0.2) is 13.6 Å². The van der Waals surface area contributed by atoms with Gasteiger partial charge in [0.1, 0.15) is 17.2 Å². The smallest absolute Gasteiger partial charge is 0.451 e. The van der Waals surface area contributed by atoms with Crippen molar-refractivity contribution in [1.82, 2.24) is 14.8 Å². The Kier molecular flexibility index (Phi) is 8.62. The van der Waals surface area contributed by atoms with Crippen molar-refractivity contribution in [2.45, 2.75) is 71.2 Å². The standard InChI is InChI=1S/C30H34F2N4O8/c1-16(2)14-41-29(40)43-15-42-26-24-28(39)35-13-23(30(8-7-18(35)4)10-17(3)34-44-30)36(24)12-21(25(26)37)27(38)33-11-19-5-6-20(31)9-22(19)32/h5-6,9,12,16,18,23H,7-8,10-11,13-15H2,1-4H3,(H,33,38)/t18-,23+,30-/m0/s1. The van der Waals surface area contributed by atoms with Crippen LogP contribution in [0.1, 0.15) is 79.4 Å². The summed E-state index contributed by atoms with van der Waals surface area (Å²) in [5.74, 6) is -3.48. The number of amides is 2. The van der Waals surface area contributed by atoms with Gasteiger partial charge in [0.15, 0.2) is 11.3 Å². The number of rotatable bonds is 8. The molecule has 12 nitrogen and oxygen atoms in total. The van der Waals surface area contributed by atoms with E-state index in [2.05, 4.69) is 10.5 Å². The summed E-state index contributed by atoms with van der Waals surface area (Å²) in [6, 6.07) is 2.14. The number of benzene rings is 1. The van der Waals surface area contributed by atoms with Gasteiger partial charge < -0.3 is 33.8 Å². The van der Waals surface area contributed by atoms with Crippen molar-refractivity contribution < 1.29 is 42.2 Å².